The molecule has 0 aromatic carbocycles. The number of carbonyl (C=O) groups is 1. The maximum Gasteiger partial charge on any atom is 0.311 e. The standard InChI is InChI=1S/C29H48O3/c1-8-24(31-25(30)23(27(5,6)7)17-26(2,3)4)32-28-10-9-18(14-28)19-11-20-13-22(15-28)29(20)16-21(29)12-19/h18-24H,8-17H2,1-7H3. The monoisotopic (exact) mass is 444 g/mol. The van der Waals surface area contributed by atoms with E-state index in [4.69, 9.17) is 9.47 Å². The molecule has 32 heavy (non-hydrogen) atoms. The average molecular weight is 445 g/mol. The maximum absolute atomic E-state index is 13.4. The van der Waals surface area contributed by atoms with Crippen LogP contribution >= 0.6 is 0 Å². The SMILES string of the molecule is CCC(OC(=O)C(CC(C)(C)C)C(C)(C)C)OC12CCC(C1)C1CC3CC(C2)C32CC2C1. The van der Waals surface area contributed by atoms with E-state index in [0.717, 1.165) is 42.4 Å². The van der Waals surface area contributed by atoms with Gasteiger partial charge in [-0.25, -0.2) is 0 Å². The molecule has 0 heterocycles. The molecule has 0 aliphatic heterocycles. The van der Waals surface area contributed by atoms with E-state index >= 15 is 0 Å². The van der Waals surface area contributed by atoms with Crippen molar-refractivity contribution in [2.24, 2.45) is 51.8 Å². The summed E-state index contributed by atoms with van der Waals surface area (Å²) in [6.45, 7) is 15.3. The molecule has 9 unspecified atom stereocenters. The number of esters is 1. The molecule has 6 bridgehead atoms. The van der Waals surface area contributed by atoms with Gasteiger partial charge in [0.1, 0.15) is 0 Å². The minimum absolute atomic E-state index is 0.0460. The van der Waals surface area contributed by atoms with Crippen LogP contribution in [0.4, 0.5) is 0 Å². The highest BCUT2D eigenvalue weighted by Crippen LogP contribution is 2.80. The van der Waals surface area contributed by atoms with E-state index in [-0.39, 0.29) is 28.3 Å². The lowest BCUT2D eigenvalue weighted by atomic mass is 9.52. The van der Waals surface area contributed by atoms with Gasteiger partial charge in [-0.05, 0) is 104 Å². The second kappa shape index (κ2) is 7.46. The average Bonchev–Trinajstić information content (AvgIpc) is 3.30. The van der Waals surface area contributed by atoms with Gasteiger partial charge in [-0.2, -0.15) is 0 Å². The predicted octanol–water partition coefficient (Wildman–Crippen LogP) is 7.38. The van der Waals surface area contributed by atoms with Crippen LogP contribution < -0.4 is 0 Å². The molecule has 3 heteroatoms. The summed E-state index contributed by atoms with van der Waals surface area (Å²) >= 11 is 0. The van der Waals surface area contributed by atoms with Crippen LogP contribution in [0.5, 0.6) is 0 Å². The molecule has 182 valence electrons. The molecule has 3 nitrogen and oxygen atoms in total. The molecule has 1 spiro atoms. The third-order valence-electron chi connectivity index (χ3n) is 10.5. The highest BCUT2D eigenvalue weighted by molar-refractivity contribution is 5.73. The zero-order valence-corrected chi connectivity index (χ0v) is 21.8. The quantitative estimate of drug-likeness (QED) is 0.317. The van der Waals surface area contributed by atoms with E-state index in [1.807, 2.05) is 0 Å². The molecule has 0 N–H and O–H groups in total. The van der Waals surface area contributed by atoms with Gasteiger partial charge in [-0.3, -0.25) is 4.79 Å². The Morgan fingerprint density at radius 1 is 0.938 bits per heavy atom. The normalized spacial score (nSPS) is 43.9. The topological polar surface area (TPSA) is 35.5 Å². The number of carbonyl (C=O) groups excluding carboxylic acids is 1. The Bertz CT molecular complexity index is 744. The lowest BCUT2D eigenvalue weighted by Gasteiger charge is -2.53. The summed E-state index contributed by atoms with van der Waals surface area (Å²) in [6.07, 6.45) is 12.1. The fraction of sp³-hybridized carbons (Fsp3) is 0.966. The molecule has 7 aliphatic carbocycles. The molecule has 7 saturated carbocycles. The van der Waals surface area contributed by atoms with Crippen LogP contribution in [-0.4, -0.2) is 17.9 Å². The van der Waals surface area contributed by atoms with Crippen LogP contribution in [0.2, 0.25) is 0 Å². The van der Waals surface area contributed by atoms with Crippen LogP contribution in [0.3, 0.4) is 0 Å². The van der Waals surface area contributed by atoms with Gasteiger partial charge in [-0.15, -0.1) is 0 Å². The highest BCUT2D eigenvalue weighted by Gasteiger charge is 2.73. The zero-order chi connectivity index (χ0) is 23.1. The van der Waals surface area contributed by atoms with Crippen molar-refractivity contribution in [1.29, 1.82) is 0 Å². The van der Waals surface area contributed by atoms with Crippen molar-refractivity contribution in [1.82, 2.24) is 0 Å². The summed E-state index contributed by atoms with van der Waals surface area (Å²) in [4.78, 5) is 13.4. The number of ether oxygens (including phenoxy) is 2. The Hall–Kier alpha value is -0.570. The summed E-state index contributed by atoms with van der Waals surface area (Å²) in [7, 11) is 0. The van der Waals surface area contributed by atoms with Gasteiger partial charge >= 0.3 is 5.97 Å². The molecule has 7 aliphatic rings. The second-order valence-corrected chi connectivity index (χ2v) is 14.8. The minimum Gasteiger partial charge on any atom is -0.436 e. The first-order valence-electron chi connectivity index (χ1n) is 13.7. The van der Waals surface area contributed by atoms with Crippen LogP contribution in [0.1, 0.15) is 113 Å². The fourth-order valence-electron chi connectivity index (χ4n) is 8.79. The summed E-state index contributed by atoms with van der Waals surface area (Å²) < 4.78 is 13.1. The number of hydrogen-bond donors (Lipinski definition) is 0. The third-order valence-corrected chi connectivity index (χ3v) is 10.5. The zero-order valence-electron chi connectivity index (χ0n) is 21.8. The summed E-state index contributed by atoms with van der Waals surface area (Å²) in [5, 5.41) is 0. The van der Waals surface area contributed by atoms with Gasteiger partial charge in [-0.1, -0.05) is 48.5 Å². The van der Waals surface area contributed by atoms with Crippen molar-refractivity contribution in [3.05, 3.63) is 0 Å². The van der Waals surface area contributed by atoms with Crippen LogP contribution in [0.15, 0.2) is 0 Å². The molecule has 0 aromatic rings. The summed E-state index contributed by atoms with van der Waals surface area (Å²) in [5.74, 6) is 4.53. The van der Waals surface area contributed by atoms with Crippen molar-refractivity contribution in [2.75, 3.05) is 0 Å². The van der Waals surface area contributed by atoms with E-state index < -0.39 is 6.29 Å². The first-order chi connectivity index (χ1) is 14.9. The smallest absolute Gasteiger partial charge is 0.311 e. The first kappa shape index (κ1) is 23.2. The van der Waals surface area contributed by atoms with Gasteiger partial charge in [0.2, 0.25) is 6.29 Å². The molecule has 0 saturated heterocycles. The highest BCUT2D eigenvalue weighted by atomic mass is 16.7. The van der Waals surface area contributed by atoms with E-state index in [1.165, 1.54) is 51.4 Å². The van der Waals surface area contributed by atoms with Gasteiger partial charge in [0, 0.05) is 6.42 Å². The molecular weight excluding hydrogens is 396 g/mol. The van der Waals surface area contributed by atoms with Crippen molar-refractivity contribution >= 4 is 5.97 Å². The van der Waals surface area contributed by atoms with Crippen molar-refractivity contribution in [3.63, 3.8) is 0 Å². The minimum atomic E-state index is -0.396. The first-order valence-corrected chi connectivity index (χ1v) is 13.7. The van der Waals surface area contributed by atoms with E-state index in [9.17, 15) is 4.79 Å². The molecule has 7 fully saturated rings. The summed E-state index contributed by atoms with van der Waals surface area (Å²) in [6, 6.07) is 0. The molecule has 9 atom stereocenters. The molecule has 0 radical (unpaired) electrons. The molecule has 0 amide bonds. The fourth-order valence-corrected chi connectivity index (χ4v) is 8.79. The third kappa shape index (κ3) is 3.87. The second-order valence-electron chi connectivity index (χ2n) is 14.8. The van der Waals surface area contributed by atoms with Crippen LogP contribution in [0, 0.1) is 51.8 Å². The van der Waals surface area contributed by atoms with Crippen molar-refractivity contribution < 1.29 is 14.3 Å². The Morgan fingerprint density at radius 3 is 2.25 bits per heavy atom. The van der Waals surface area contributed by atoms with E-state index in [0.29, 0.717) is 5.41 Å². The maximum atomic E-state index is 13.4. The van der Waals surface area contributed by atoms with Gasteiger partial charge in [0.25, 0.3) is 0 Å². The Labute approximate surface area is 196 Å². The van der Waals surface area contributed by atoms with Crippen molar-refractivity contribution in [3.8, 4) is 0 Å². The lowest BCUT2D eigenvalue weighted by molar-refractivity contribution is -0.227. The van der Waals surface area contributed by atoms with E-state index in [1.54, 1.807) is 0 Å². The number of rotatable bonds is 6. The molecule has 7 rings (SSSR count). The Balaban J connectivity index is 1.30. The summed E-state index contributed by atoms with van der Waals surface area (Å²) in [5.41, 5.74) is 0.641. The predicted molar refractivity (Wildman–Crippen MR) is 128 cm³/mol. The van der Waals surface area contributed by atoms with E-state index in [2.05, 4.69) is 48.5 Å². The molecular formula is C29H48O3. The largest absolute Gasteiger partial charge is 0.436 e. The Morgan fingerprint density at radius 2 is 1.62 bits per heavy atom. The van der Waals surface area contributed by atoms with Gasteiger partial charge in [0.15, 0.2) is 0 Å². The van der Waals surface area contributed by atoms with Crippen LogP contribution in [-0.2, 0) is 14.3 Å². The van der Waals surface area contributed by atoms with Gasteiger partial charge < -0.3 is 9.47 Å². The lowest BCUT2D eigenvalue weighted by Crippen LogP contribution is -2.48. The molecule has 0 aromatic heterocycles. The van der Waals surface area contributed by atoms with Gasteiger partial charge in [0.05, 0.1) is 11.5 Å². The number of hydrogen-bond acceptors (Lipinski definition) is 3. The Kier molecular flexibility index (Phi) is 5.41. The van der Waals surface area contributed by atoms with Crippen molar-refractivity contribution in [2.45, 2.75) is 125 Å². The van der Waals surface area contributed by atoms with Crippen LogP contribution in [0.25, 0.3) is 0 Å².